The summed E-state index contributed by atoms with van der Waals surface area (Å²) < 4.78 is 0. The molecule has 0 N–H and O–H groups in total. The molecule has 1 aromatic rings. The quantitative estimate of drug-likeness (QED) is 0.510. The molecule has 0 aliphatic carbocycles. The number of Topliss-reactive ketones (excluding diaryl/α,β-unsaturated/α-hetero) is 1. The van der Waals surface area contributed by atoms with Crippen LogP contribution >= 0.6 is 0 Å². The molecule has 0 amide bonds. The van der Waals surface area contributed by atoms with Crippen LogP contribution in [0.25, 0.3) is 0 Å². The molecule has 11 heavy (non-hydrogen) atoms. The molecule has 0 aliphatic heterocycles. The number of carbonyl (C=O) groups is 1. The maximum Gasteiger partial charge on any atom is 0.202 e. The van der Waals surface area contributed by atoms with E-state index in [1.165, 1.54) is 6.92 Å². The summed E-state index contributed by atoms with van der Waals surface area (Å²) in [7, 11) is 0. The van der Waals surface area contributed by atoms with Gasteiger partial charge in [0.2, 0.25) is 5.78 Å². The average Bonchev–Trinajstić information content (AvgIpc) is 2.03. The summed E-state index contributed by atoms with van der Waals surface area (Å²) in [6.45, 7) is 1.44. The molecule has 1 heterocycles. The number of nitrogens with zero attached hydrogens (tertiary/aromatic N) is 1. The molecular weight excluding hydrogens is 138 g/mol. The fourth-order valence-corrected chi connectivity index (χ4v) is 0.595. The molecule has 1 rings (SSSR count). The van der Waals surface area contributed by atoms with Gasteiger partial charge in [-0.2, -0.15) is 0 Å². The first kappa shape index (κ1) is 7.49. The zero-order valence-corrected chi connectivity index (χ0v) is 6.16. The number of hydrogen-bond donors (Lipinski definition) is 0. The summed E-state index contributed by atoms with van der Waals surface area (Å²) >= 11 is 0. The Morgan fingerprint density at radius 3 is 2.64 bits per heavy atom. The van der Waals surface area contributed by atoms with Crippen molar-refractivity contribution in [2.75, 3.05) is 0 Å². The van der Waals surface area contributed by atoms with E-state index in [0.29, 0.717) is 0 Å². The van der Waals surface area contributed by atoms with Gasteiger partial charge < -0.3 is 0 Å². The van der Waals surface area contributed by atoms with Crippen LogP contribution in [0.2, 0.25) is 0 Å². The lowest BCUT2D eigenvalue weighted by atomic mass is 10.2. The van der Waals surface area contributed by atoms with Gasteiger partial charge in [-0.25, -0.2) is 0 Å². The zero-order valence-electron chi connectivity index (χ0n) is 6.16. The molecule has 0 spiro atoms. The lowest BCUT2D eigenvalue weighted by molar-refractivity contribution is -0.111. The first-order valence-electron chi connectivity index (χ1n) is 3.21. The fourth-order valence-electron chi connectivity index (χ4n) is 0.595. The molecule has 0 atom stereocenters. The summed E-state index contributed by atoms with van der Waals surface area (Å²) in [5.41, 5.74) is 0.815. The van der Waals surface area contributed by atoms with Crippen molar-refractivity contribution < 1.29 is 4.79 Å². The minimum atomic E-state index is -0.123. The number of carbonyl (C=O) groups excluding carboxylic acids is 1. The van der Waals surface area contributed by atoms with Gasteiger partial charge in [-0.05, 0) is 18.1 Å². The van der Waals surface area contributed by atoms with Crippen molar-refractivity contribution in [3.8, 4) is 11.8 Å². The van der Waals surface area contributed by atoms with E-state index < -0.39 is 0 Å². The van der Waals surface area contributed by atoms with Crippen molar-refractivity contribution in [2.24, 2.45) is 0 Å². The van der Waals surface area contributed by atoms with Gasteiger partial charge in [0.25, 0.3) is 0 Å². The molecule has 0 bridgehead atoms. The summed E-state index contributed by atoms with van der Waals surface area (Å²) in [5, 5.41) is 0. The maximum atomic E-state index is 10.4. The van der Waals surface area contributed by atoms with Gasteiger partial charge in [-0.15, -0.1) is 0 Å². The van der Waals surface area contributed by atoms with E-state index >= 15 is 0 Å². The van der Waals surface area contributed by atoms with Crippen molar-refractivity contribution >= 4 is 5.78 Å². The molecule has 0 unspecified atom stereocenters. The van der Waals surface area contributed by atoms with Crippen LogP contribution in [0.3, 0.4) is 0 Å². The van der Waals surface area contributed by atoms with Crippen LogP contribution in [0.4, 0.5) is 0 Å². The Hall–Kier alpha value is -1.62. The lowest BCUT2D eigenvalue weighted by Crippen LogP contribution is -1.81. The fraction of sp³-hybridized carbons (Fsp3) is 0.111. The van der Waals surface area contributed by atoms with Crippen LogP contribution in [-0.2, 0) is 4.79 Å². The Morgan fingerprint density at radius 2 is 2.09 bits per heavy atom. The number of pyridine rings is 1. The van der Waals surface area contributed by atoms with E-state index in [-0.39, 0.29) is 5.78 Å². The van der Waals surface area contributed by atoms with Gasteiger partial charge in [-0.3, -0.25) is 9.78 Å². The highest BCUT2D eigenvalue weighted by molar-refractivity contribution is 5.93. The molecule has 0 fully saturated rings. The summed E-state index contributed by atoms with van der Waals surface area (Å²) in [6.07, 6.45) is 3.29. The van der Waals surface area contributed by atoms with Crippen LogP contribution in [0, 0.1) is 11.8 Å². The van der Waals surface area contributed by atoms with Crippen LogP contribution in [0.1, 0.15) is 12.5 Å². The zero-order chi connectivity index (χ0) is 8.10. The maximum absolute atomic E-state index is 10.4. The number of ketones is 1. The third-order valence-corrected chi connectivity index (χ3v) is 1.06. The molecule has 0 radical (unpaired) electrons. The van der Waals surface area contributed by atoms with Crippen molar-refractivity contribution in [1.29, 1.82) is 0 Å². The molecule has 0 saturated heterocycles. The van der Waals surface area contributed by atoms with Gasteiger partial charge in [0.15, 0.2) is 0 Å². The standard InChI is InChI=1S/C9H7NO/c1-8(11)2-3-9-4-6-10-7-5-9/h4-7H,1H3. The summed E-state index contributed by atoms with van der Waals surface area (Å²) in [4.78, 5) is 14.2. The second-order valence-corrected chi connectivity index (χ2v) is 2.04. The van der Waals surface area contributed by atoms with Crippen molar-refractivity contribution in [3.63, 3.8) is 0 Å². The Labute approximate surface area is 65.3 Å². The largest absolute Gasteiger partial charge is 0.285 e. The predicted octanol–water partition coefficient (Wildman–Crippen LogP) is 1.02. The Bertz CT molecular complexity index is 305. The second-order valence-electron chi connectivity index (χ2n) is 2.04. The van der Waals surface area contributed by atoms with Gasteiger partial charge in [0.1, 0.15) is 0 Å². The molecular formula is C9H7NO. The first-order chi connectivity index (χ1) is 5.29. The van der Waals surface area contributed by atoms with E-state index in [9.17, 15) is 4.79 Å². The summed E-state index contributed by atoms with van der Waals surface area (Å²) in [5.74, 6) is 5.03. The van der Waals surface area contributed by atoms with Crippen LogP contribution in [-0.4, -0.2) is 10.8 Å². The van der Waals surface area contributed by atoms with Crippen LogP contribution in [0.15, 0.2) is 24.5 Å². The molecule has 54 valence electrons. The van der Waals surface area contributed by atoms with Crippen molar-refractivity contribution in [2.45, 2.75) is 6.92 Å². The molecule has 2 nitrogen and oxygen atoms in total. The monoisotopic (exact) mass is 145 g/mol. The van der Waals surface area contributed by atoms with E-state index in [2.05, 4.69) is 16.8 Å². The Morgan fingerprint density at radius 1 is 1.45 bits per heavy atom. The van der Waals surface area contributed by atoms with E-state index in [0.717, 1.165) is 5.56 Å². The van der Waals surface area contributed by atoms with E-state index in [1.807, 2.05) is 0 Å². The highest BCUT2D eigenvalue weighted by atomic mass is 16.1. The minimum Gasteiger partial charge on any atom is -0.285 e. The van der Waals surface area contributed by atoms with Crippen molar-refractivity contribution in [1.82, 2.24) is 4.98 Å². The Kier molecular flexibility index (Phi) is 2.40. The third-order valence-electron chi connectivity index (χ3n) is 1.06. The molecule has 1 aromatic heterocycles. The number of rotatable bonds is 0. The highest BCUT2D eigenvalue weighted by Crippen LogP contribution is 1.91. The molecule has 2 heteroatoms. The minimum absolute atomic E-state index is 0.123. The third kappa shape index (κ3) is 2.63. The summed E-state index contributed by atoms with van der Waals surface area (Å²) in [6, 6.07) is 3.52. The lowest BCUT2D eigenvalue weighted by Gasteiger charge is -1.83. The normalized spacial score (nSPS) is 8.09. The second kappa shape index (κ2) is 3.52. The topological polar surface area (TPSA) is 30.0 Å². The van der Waals surface area contributed by atoms with Gasteiger partial charge >= 0.3 is 0 Å². The molecule has 0 aromatic carbocycles. The van der Waals surface area contributed by atoms with Gasteiger partial charge in [0.05, 0.1) is 0 Å². The number of hydrogen-bond acceptors (Lipinski definition) is 2. The predicted molar refractivity (Wildman–Crippen MR) is 41.8 cm³/mol. The van der Waals surface area contributed by atoms with E-state index in [4.69, 9.17) is 0 Å². The van der Waals surface area contributed by atoms with Crippen LogP contribution in [0.5, 0.6) is 0 Å². The van der Waals surface area contributed by atoms with Crippen LogP contribution < -0.4 is 0 Å². The number of aromatic nitrogens is 1. The first-order valence-corrected chi connectivity index (χ1v) is 3.21. The molecule has 0 saturated carbocycles. The smallest absolute Gasteiger partial charge is 0.202 e. The van der Waals surface area contributed by atoms with Gasteiger partial charge in [0, 0.05) is 24.9 Å². The van der Waals surface area contributed by atoms with Crippen molar-refractivity contribution in [3.05, 3.63) is 30.1 Å². The van der Waals surface area contributed by atoms with E-state index in [1.54, 1.807) is 24.5 Å². The molecule has 0 aliphatic rings. The highest BCUT2D eigenvalue weighted by Gasteiger charge is 1.83. The average molecular weight is 145 g/mol. The van der Waals surface area contributed by atoms with Gasteiger partial charge in [-0.1, -0.05) is 5.92 Å². The SMILES string of the molecule is CC(=O)C#Cc1ccncc1. The Balaban J connectivity index is 2.83.